The van der Waals surface area contributed by atoms with Gasteiger partial charge in [0.1, 0.15) is 18.5 Å². The van der Waals surface area contributed by atoms with Gasteiger partial charge in [-0.05, 0) is 12.8 Å². The van der Waals surface area contributed by atoms with Crippen molar-refractivity contribution in [1.82, 2.24) is 19.8 Å². The van der Waals surface area contributed by atoms with Crippen LogP contribution in [0, 0.1) is 0 Å². The van der Waals surface area contributed by atoms with E-state index < -0.39 is 12.1 Å². The fourth-order valence-corrected chi connectivity index (χ4v) is 2.07. The summed E-state index contributed by atoms with van der Waals surface area (Å²) in [5.41, 5.74) is 0. The normalized spacial score (nSPS) is 22.5. The quantitative estimate of drug-likeness (QED) is 0.831. The van der Waals surface area contributed by atoms with Crippen molar-refractivity contribution in [2.24, 2.45) is 7.05 Å². The SMILES string of the molecule is Cn1ccnc1CN1C(=O)OC[C@H]1C(=O)NC1CC1. The fourth-order valence-electron chi connectivity index (χ4n) is 2.07. The van der Waals surface area contributed by atoms with Crippen molar-refractivity contribution < 1.29 is 14.3 Å². The molecule has 1 atom stereocenters. The molecule has 0 aromatic carbocycles. The molecule has 7 nitrogen and oxygen atoms in total. The standard InChI is InChI=1S/C12H16N4O3/c1-15-5-4-13-10(15)6-16-9(7-19-12(16)18)11(17)14-8-2-3-8/h4-5,8-9H,2-3,6-7H2,1H3,(H,14,17)/t9-/m0/s1. The first-order valence-electron chi connectivity index (χ1n) is 6.35. The molecule has 1 saturated carbocycles. The zero-order valence-electron chi connectivity index (χ0n) is 10.7. The lowest BCUT2D eigenvalue weighted by molar-refractivity contribution is -0.125. The highest BCUT2D eigenvalue weighted by Gasteiger charge is 2.40. The minimum absolute atomic E-state index is 0.113. The Labute approximate surface area is 110 Å². The first kappa shape index (κ1) is 12.0. The van der Waals surface area contributed by atoms with E-state index >= 15 is 0 Å². The maximum atomic E-state index is 12.1. The van der Waals surface area contributed by atoms with E-state index in [0.717, 1.165) is 18.7 Å². The van der Waals surface area contributed by atoms with Gasteiger partial charge in [-0.3, -0.25) is 9.69 Å². The predicted molar refractivity (Wildman–Crippen MR) is 65.1 cm³/mol. The third-order valence-corrected chi connectivity index (χ3v) is 3.43. The van der Waals surface area contributed by atoms with Crippen molar-refractivity contribution in [3.63, 3.8) is 0 Å². The molecule has 2 aliphatic rings. The molecule has 102 valence electrons. The summed E-state index contributed by atoms with van der Waals surface area (Å²) in [6, 6.07) is -0.275. The summed E-state index contributed by atoms with van der Waals surface area (Å²) in [6.07, 6.45) is 5.05. The smallest absolute Gasteiger partial charge is 0.411 e. The number of carbonyl (C=O) groups is 2. The summed E-state index contributed by atoms with van der Waals surface area (Å²) < 4.78 is 6.80. The Balaban J connectivity index is 1.71. The highest BCUT2D eigenvalue weighted by Crippen LogP contribution is 2.21. The van der Waals surface area contributed by atoms with Gasteiger partial charge < -0.3 is 14.6 Å². The average molecular weight is 264 g/mol. The molecular formula is C12H16N4O3. The topological polar surface area (TPSA) is 76.5 Å². The average Bonchev–Trinajstić information content (AvgIpc) is 2.99. The first-order chi connectivity index (χ1) is 9.15. The van der Waals surface area contributed by atoms with Gasteiger partial charge in [0.25, 0.3) is 0 Å². The summed E-state index contributed by atoms with van der Waals surface area (Å²) in [5, 5.41) is 2.90. The lowest BCUT2D eigenvalue weighted by atomic mass is 10.2. The molecule has 2 amide bonds. The zero-order valence-corrected chi connectivity index (χ0v) is 10.7. The van der Waals surface area contributed by atoms with Crippen LogP contribution in [-0.4, -0.2) is 45.1 Å². The first-order valence-corrected chi connectivity index (χ1v) is 6.35. The van der Waals surface area contributed by atoms with Crippen LogP contribution in [0.3, 0.4) is 0 Å². The molecule has 0 spiro atoms. The van der Waals surface area contributed by atoms with Crippen LogP contribution in [-0.2, 0) is 23.1 Å². The van der Waals surface area contributed by atoms with Crippen molar-refractivity contribution in [3.8, 4) is 0 Å². The fraction of sp³-hybridized carbons (Fsp3) is 0.583. The van der Waals surface area contributed by atoms with Gasteiger partial charge in [-0.2, -0.15) is 0 Å². The lowest BCUT2D eigenvalue weighted by Gasteiger charge is -2.20. The van der Waals surface area contributed by atoms with Crippen molar-refractivity contribution >= 4 is 12.0 Å². The molecule has 1 aromatic heterocycles. The minimum Gasteiger partial charge on any atom is -0.447 e. The molecule has 3 rings (SSSR count). The van der Waals surface area contributed by atoms with Gasteiger partial charge in [-0.1, -0.05) is 0 Å². The van der Waals surface area contributed by atoms with E-state index in [2.05, 4.69) is 10.3 Å². The summed E-state index contributed by atoms with van der Waals surface area (Å²) >= 11 is 0. The third kappa shape index (κ3) is 2.40. The van der Waals surface area contributed by atoms with Crippen molar-refractivity contribution in [3.05, 3.63) is 18.2 Å². The van der Waals surface area contributed by atoms with E-state index in [0.29, 0.717) is 0 Å². The molecule has 0 radical (unpaired) electrons. The maximum Gasteiger partial charge on any atom is 0.411 e. The van der Waals surface area contributed by atoms with Gasteiger partial charge in [0.05, 0.1) is 6.54 Å². The van der Waals surface area contributed by atoms with Crippen LogP contribution in [0.2, 0.25) is 0 Å². The van der Waals surface area contributed by atoms with Gasteiger partial charge in [-0.25, -0.2) is 9.78 Å². The Hall–Kier alpha value is -2.05. The molecule has 1 saturated heterocycles. The molecule has 7 heteroatoms. The van der Waals surface area contributed by atoms with E-state index in [4.69, 9.17) is 4.74 Å². The number of nitrogens with one attached hydrogen (secondary N) is 1. The van der Waals surface area contributed by atoms with Crippen LogP contribution in [0.1, 0.15) is 18.7 Å². The number of cyclic esters (lactones) is 1. The van der Waals surface area contributed by atoms with Crippen LogP contribution in [0.15, 0.2) is 12.4 Å². The van der Waals surface area contributed by atoms with Crippen LogP contribution in [0.25, 0.3) is 0 Å². The number of rotatable bonds is 4. The summed E-state index contributed by atoms with van der Waals surface area (Å²) in [7, 11) is 1.85. The van der Waals surface area contributed by atoms with Gasteiger partial charge >= 0.3 is 6.09 Å². The van der Waals surface area contributed by atoms with Crippen molar-refractivity contribution in [2.75, 3.05) is 6.61 Å². The van der Waals surface area contributed by atoms with Crippen LogP contribution in [0.4, 0.5) is 4.79 Å². The van der Waals surface area contributed by atoms with E-state index in [1.807, 2.05) is 11.6 Å². The number of imidazole rings is 1. The Kier molecular flexibility index (Phi) is 2.88. The number of nitrogens with zero attached hydrogens (tertiary/aromatic N) is 3. The largest absolute Gasteiger partial charge is 0.447 e. The second kappa shape index (κ2) is 4.56. The molecule has 1 aromatic rings. The summed E-state index contributed by atoms with van der Waals surface area (Å²) in [6.45, 7) is 0.396. The number of amides is 2. The number of carbonyl (C=O) groups excluding carboxylic acids is 2. The molecule has 1 N–H and O–H groups in total. The molecule has 0 unspecified atom stereocenters. The second-order valence-corrected chi connectivity index (χ2v) is 4.96. The number of hydrogen-bond donors (Lipinski definition) is 1. The molecular weight excluding hydrogens is 248 g/mol. The molecule has 0 bridgehead atoms. The predicted octanol–water partition coefficient (Wildman–Crippen LogP) is 0.0195. The third-order valence-electron chi connectivity index (χ3n) is 3.43. The monoisotopic (exact) mass is 264 g/mol. The lowest BCUT2D eigenvalue weighted by Crippen LogP contribution is -2.46. The van der Waals surface area contributed by atoms with E-state index in [9.17, 15) is 9.59 Å². The molecule has 19 heavy (non-hydrogen) atoms. The second-order valence-electron chi connectivity index (χ2n) is 4.96. The Bertz CT molecular complexity index is 509. The Morgan fingerprint density at radius 1 is 1.58 bits per heavy atom. The number of hydrogen-bond acceptors (Lipinski definition) is 4. The Morgan fingerprint density at radius 2 is 2.37 bits per heavy atom. The van der Waals surface area contributed by atoms with Crippen molar-refractivity contribution in [2.45, 2.75) is 31.5 Å². The van der Waals surface area contributed by atoms with Gasteiger partial charge in [0.15, 0.2) is 0 Å². The summed E-state index contributed by atoms with van der Waals surface area (Å²) in [4.78, 5) is 29.4. The highest BCUT2D eigenvalue weighted by atomic mass is 16.6. The van der Waals surface area contributed by atoms with Crippen molar-refractivity contribution in [1.29, 1.82) is 0 Å². The van der Waals surface area contributed by atoms with Crippen LogP contribution >= 0.6 is 0 Å². The number of aromatic nitrogens is 2. The van der Waals surface area contributed by atoms with E-state index in [-0.39, 0.29) is 25.1 Å². The molecule has 2 fully saturated rings. The van der Waals surface area contributed by atoms with E-state index in [1.165, 1.54) is 4.90 Å². The zero-order chi connectivity index (χ0) is 13.4. The van der Waals surface area contributed by atoms with Crippen LogP contribution < -0.4 is 5.32 Å². The van der Waals surface area contributed by atoms with E-state index in [1.54, 1.807) is 12.4 Å². The number of aryl methyl sites for hydroxylation is 1. The van der Waals surface area contributed by atoms with Gasteiger partial charge in [-0.15, -0.1) is 0 Å². The molecule has 2 heterocycles. The van der Waals surface area contributed by atoms with Crippen LogP contribution in [0.5, 0.6) is 0 Å². The van der Waals surface area contributed by atoms with Gasteiger partial charge in [0, 0.05) is 25.5 Å². The maximum absolute atomic E-state index is 12.1. The van der Waals surface area contributed by atoms with Gasteiger partial charge in [0.2, 0.25) is 5.91 Å². The minimum atomic E-state index is -0.551. The Morgan fingerprint density at radius 3 is 3.00 bits per heavy atom. The number of ether oxygens (including phenoxy) is 1. The molecule has 1 aliphatic carbocycles. The summed E-state index contributed by atoms with van der Waals surface area (Å²) in [5.74, 6) is 0.589. The highest BCUT2D eigenvalue weighted by molar-refractivity contribution is 5.88. The molecule has 1 aliphatic heterocycles.